The molecule has 7 nitrogen and oxygen atoms in total. The Bertz CT molecular complexity index is 373. The summed E-state index contributed by atoms with van der Waals surface area (Å²) in [5.41, 5.74) is 11.1. The quantitative estimate of drug-likeness (QED) is 0.663. The molecule has 0 amide bonds. The first kappa shape index (κ1) is 13.0. The summed E-state index contributed by atoms with van der Waals surface area (Å²) in [5.74, 6) is 0.862. The van der Waals surface area contributed by atoms with Gasteiger partial charge >= 0.3 is 0 Å². The van der Waals surface area contributed by atoms with E-state index in [2.05, 4.69) is 19.9 Å². The number of aromatic nitrogens is 3. The van der Waals surface area contributed by atoms with Crippen molar-refractivity contribution in [2.75, 3.05) is 24.6 Å². The summed E-state index contributed by atoms with van der Waals surface area (Å²) in [6.45, 7) is 1.31. The van der Waals surface area contributed by atoms with Gasteiger partial charge in [0.2, 0.25) is 11.9 Å². The van der Waals surface area contributed by atoms with Gasteiger partial charge in [-0.15, -0.1) is 0 Å². The van der Waals surface area contributed by atoms with E-state index in [-0.39, 0.29) is 18.5 Å². The number of rotatable bonds is 5. The van der Waals surface area contributed by atoms with E-state index in [9.17, 15) is 0 Å². The standard InChI is InChI=1S/C11H20N6O/c12-10-14-9(15-11(13)16-10)7-17(5-6-18)8-3-1-2-4-8/h8,18H,1-7H2,(H4,12,13,14,15,16). The van der Waals surface area contributed by atoms with Crippen LogP contribution in [0.1, 0.15) is 31.5 Å². The molecule has 1 aromatic heterocycles. The molecule has 0 bridgehead atoms. The second kappa shape index (κ2) is 5.92. The van der Waals surface area contributed by atoms with E-state index in [1.165, 1.54) is 12.8 Å². The van der Waals surface area contributed by atoms with Crippen LogP contribution in [0.2, 0.25) is 0 Å². The van der Waals surface area contributed by atoms with Gasteiger partial charge in [0.15, 0.2) is 0 Å². The van der Waals surface area contributed by atoms with E-state index in [1.807, 2.05) is 0 Å². The van der Waals surface area contributed by atoms with Crippen molar-refractivity contribution in [2.45, 2.75) is 38.3 Å². The fraction of sp³-hybridized carbons (Fsp3) is 0.727. The van der Waals surface area contributed by atoms with Crippen molar-refractivity contribution < 1.29 is 5.11 Å². The highest BCUT2D eigenvalue weighted by Gasteiger charge is 2.23. The molecule has 1 fully saturated rings. The molecular weight excluding hydrogens is 232 g/mol. The summed E-state index contributed by atoms with van der Waals surface area (Å²) in [7, 11) is 0. The molecule has 7 heteroatoms. The predicted octanol–water partition coefficient (Wildman–Crippen LogP) is -0.227. The van der Waals surface area contributed by atoms with Crippen LogP contribution in [0.4, 0.5) is 11.9 Å². The van der Waals surface area contributed by atoms with Crippen molar-refractivity contribution in [3.63, 3.8) is 0 Å². The Hall–Kier alpha value is -1.47. The molecule has 100 valence electrons. The minimum Gasteiger partial charge on any atom is -0.395 e. The third-order valence-electron chi connectivity index (χ3n) is 3.29. The lowest BCUT2D eigenvalue weighted by molar-refractivity contribution is 0.142. The number of hydrogen-bond donors (Lipinski definition) is 3. The molecule has 1 aromatic rings. The third-order valence-corrected chi connectivity index (χ3v) is 3.29. The lowest BCUT2D eigenvalue weighted by Crippen LogP contribution is -2.35. The van der Waals surface area contributed by atoms with E-state index in [1.54, 1.807) is 0 Å². The van der Waals surface area contributed by atoms with E-state index in [4.69, 9.17) is 16.6 Å². The maximum Gasteiger partial charge on any atom is 0.225 e. The first-order valence-electron chi connectivity index (χ1n) is 6.30. The van der Waals surface area contributed by atoms with Crippen LogP contribution >= 0.6 is 0 Å². The highest BCUT2D eigenvalue weighted by Crippen LogP contribution is 2.24. The van der Waals surface area contributed by atoms with Crippen LogP contribution in [0.3, 0.4) is 0 Å². The van der Waals surface area contributed by atoms with Crippen molar-refractivity contribution in [1.29, 1.82) is 0 Å². The molecule has 18 heavy (non-hydrogen) atoms. The second-order valence-corrected chi connectivity index (χ2v) is 4.60. The Balaban J connectivity index is 2.07. The molecule has 0 saturated heterocycles. The fourth-order valence-corrected chi connectivity index (χ4v) is 2.50. The number of nitrogens with two attached hydrogens (primary N) is 2. The van der Waals surface area contributed by atoms with Gasteiger partial charge in [0.05, 0.1) is 13.2 Å². The minimum atomic E-state index is 0.131. The number of nitrogens with zero attached hydrogens (tertiary/aromatic N) is 4. The van der Waals surface area contributed by atoms with Gasteiger partial charge < -0.3 is 16.6 Å². The maximum atomic E-state index is 9.14. The van der Waals surface area contributed by atoms with Crippen LogP contribution in [-0.4, -0.2) is 44.2 Å². The lowest BCUT2D eigenvalue weighted by atomic mass is 10.2. The summed E-state index contributed by atoms with van der Waals surface area (Å²) in [6, 6.07) is 0.497. The number of hydrogen-bond acceptors (Lipinski definition) is 7. The zero-order chi connectivity index (χ0) is 13.0. The van der Waals surface area contributed by atoms with Gasteiger partial charge in [-0.25, -0.2) is 0 Å². The largest absolute Gasteiger partial charge is 0.395 e. The summed E-state index contributed by atoms with van der Waals surface area (Å²) in [5, 5.41) is 9.14. The molecule has 0 radical (unpaired) electrons. The molecule has 0 spiro atoms. The highest BCUT2D eigenvalue weighted by atomic mass is 16.3. The van der Waals surface area contributed by atoms with Gasteiger partial charge in [0, 0.05) is 12.6 Å². The zero-order valence-corrected chi connectivity index (χ0v) is 10.4. The minimum absolute atomic E-state index is 0.131. The molecule has 0 atom stereocenters. The van der Waals surface area contributed by atoms with Gasteiger partial charge in [-0.05, 0) is 12.8 Å². The number of aliphatic hydroxyl groups excluding tert-OH is 1. The molecule has 5 N–H and O–H groups in total. The van der Waals surface area contributed by atoms with Crippen LogP contribution in [0.5, 0.6) is 0 Å². The van der Waals surface area contributed by atoms with Gasteiger partial charge in [0.25, 0.3) is 0 Å². The molecule has 0 unspecified atom stereocenters. The molecule has 0 aliphatic heterocycles. The van der Waals surface area contributed by atoms with Crippen LogP contribution in [0.15, 0.2) is 0 Å². The predicted molar refractivity (Wildman–Crippen MR) is 68.4 cm³/mol. The molecular formula is C11H20N6O. The third kappa shape index (κ3) is 3.27. The van der Waals surface area contributed by atoms with Crippen molar-refractivity contribution in [3.05, 3.63) is 5.82 Å². The van der Waals surface area contributed by atoms with Crippen molar-refractivity contribution >= 4 is 11.9 Å². The molecule has 1 saturated carbocycles. The first-order chi connectivity index (χ1) is 8.69. The van der Waals surface area contributed by atoms with E-state index in [0.29, 0.717) is 25.0 Å². The van der Waals surface area contributed by atoms with Gasteiger partial charge in [0.1, 0.15) is 5.82 Å². The fourth-order valence-electron chi connectivity index (χ4n) is 2.50. The van der Waals surface area contributed by atoms with Gasteiger partial charge in [-0.1, -0.05) is 12.8 Å². The Morgan fingerprint density at radius 3 is 2.28 bits per heavy atom. The number of nitrogen functional groups attached to an aromatic ring is 2. The normalized spacial score (nSPS) is 16.6. The molecule has 2 rings (SSSR count). The van der Waals surface area contributed by atoms with Crippen molar-refractivity contribution in [2.24, 2.45) is 0 Å². The number of anilines is 2. The summed E-state index contributed by atoms with van der Waals surface area (Å²) in [6.07, 6.45) is 4.81. The van der Waals surface area contributed by atoms with Crippen LogP contribution in [-0.2, 0) is 6.54 Å². The Kier molecular flexibility index (Phi) is 4.27. The van der Waals surface area contributed by atoms with Crippen LogP contribution in [0, 0.1) is 0 Å². The van der Waals surface area contributed by atoms with Crippen LogP contribution in [0.25, 0.3) is 0 Å². The zero-order valence-electron chi connectivity index (χ0n) is 10.4. The highest BCUT2D eigenvalue weighted by molar-refractivity contribution is 5.25. The molecule has 1 aliphatic rings. The Morgan fingerprint density at radius 1 is 1.11 bits per heavy atom. The lowest BCUT2D eigenvalue weighted by Gasteiger charge is -2.27. The maximum absolute atomic E-state index is 9.14. The smallest absolute Gasteiger partial charge is 0.225 e. The van der Waals surface area contributed by atoms with Crippen molar-refractivity contribution in [1.82, 2.24) is 19.9 Å². The average molecular weight is 252 g/mol. The van der Waals surface area contributed by atoms with E-state index in [0.717, 1.165) is 12.8 Å². The first-order valence-corrected chi connectivity index (χ1v) is 6.30. The summed E-state index contributed by atoms with van der Waals surface area (Å²) >= 11 is 0. The SMILES string of the molecule is Nc1nc(N)nc(CN(CCO)C2CCCC2)n1. The van der Waals surface area contributed by atoms with Crippen LogP contribution < -0.4 is 11.5 Å². The monoisotopic (exact) mass is 252 g/mol. The van der Waals surface area contributed by atoms with Gasteiger partial charge in [-0.3, -0.25) is 4.90 Å². The molecule has 0 aromatic carbocycles. The van der Waals surface area contributed by atoms with E-state index < -0.39 is 0 Å². The topological polar surface area (TPSA) is 114 Å². The Labute approximate surface area is 106 Å². The van der Waals surface area contributed by atoms with Gasteiger partial charge in [-0.2, -0.15) is 15.0 Å². The summed E-state index contributed by atoms with van der Waals surface area (Å²) in [4.78, 5) is 14.1. The van der Waals surface area contributed by atoms with Crippen molar-refractivity contribution in [3.8, 4) is 0 Å². The Morgan fingerprint density at radius 2 is 1.72 bits per heavy atom. The summed E-state index contributed by atoms with van der Waals surface area (Å²) < 4.78 is 0. The van der Waals surface area contributed by atoms with E-state index >= 15 is 0 Å². The second-order valence-electron chi connectivity index (χ2n) is 4.60. The average Bonchev–Trinajstić information content (AvgIpc) is 2.80. The number of aliphatic hydroxyl groups is 1. The molecule has 1 aliphatic carbocycles. The molecule has 1 heterocycles.